The van der Waals surface area contributed by atoms with E-state index in [1.54, 1.807) is 11.8 Å². The maximum Gasteiger partial charge on any atom is 0.243 e. The van der Waals surface area contributed by atoms with Gasteiger partial charge in [0.25, 0.3) is 0 Å². The van der Waals surface area contributed by atoms with Crippen molar-refractivity contribution in [2.45, 2.75) is 38.6 Å². The van der Waals surface area contributed by atoms with Gasteiger partial charge in [-0.1, -0.05) is 50.6 Å². The molecule has 4 heteroatoms. The number of thioether (sulfide) groups is 1. The first-order valence-corrected chi connectivity index (χ1v) is 8.51. The van der Waals surface area contributed by atoms with Gasteiger partial charge in [-0.25, -0.2) is 0 Å². The molecule has 0 aliphatic heterocycles. The van der Waals surface area contributed by atoms with E-state index >= 15 is 0 Å². The molecule has 0 aromatic heterocycles. The van der Waals surface area contributed by atoms with Crippen molar-refractivity contribution in [3.8, 4) is 0 Å². The third kappa shape index (κ3) is 4.53. The molecule has 1 aromatic carbocycles. The van der Waals surface area contributed by atoms with Gasteiger partial charge in [-0.05, 0) is 30.7 Å². The summed E-state index contributed by atoms with van der Waals surface area (Å²) in [5, 5.41) is 3.38. The minimum absolute atomic E-state index is 0.291. The molecular formula is C16H26N2OS. The van der Waals surface area contributed by atoms with Crippen LogP contribution in [0.5, 0.6) is 0 Å². The van der Waals surface area contributed by atoms with Crippen LogP contribution in [0.4, 0.5) is 0 Å². The highest BCUT2D eigenvalue weighted by atomic mass is 32.2. The topological polar surface area (TPSA) is 55.1 Å². The number of carbonyl (C=O) groups is 1. The highest BCUT2D eigenvalue weighted by molar-refractivity contribution is 7.99. The lowest BCUT2D eigenvalue weighted by atomic mass is 9.91. The van der Waals surface area contributed by atoms with E-state index in [2.05, 4.69) is 19.2 Å². The second kappa shape index (κ2) is 9.03. The van der Waals surface area contributed by atoms with Crippen LogP contribution in [-0.2, 0) is 10.3 Å². The van der Waals surface area contributed by atoms with Crippen molar-refractivity contribution in [3.63, 3.8) is 0 Å². The minimum atomic E-state index is -0.754. The number of amides is 1. The average Bonchev–Trinajstić information content (AvgIpc) is 2.47. The van der Waals surface area contributed by atoms with Crippen LogP contribution in [0, 0.1) is 0 Å². The van der Waals surface area contributed by atoms with Gasteiger partial charge in [0.2, 0.25) is 5.91 Å². The summed E-state index contributed by atoms with van der Waals surface area (Å²) < 4.78 is 0. The number of hydrogen-bond acceptors (Lipinski definition) is 3. The van der Waals surface area contributed by atoms with Crippen molar-refractivity contribution in [1.82, 2.24) is 5.32 Å². The van der Waals surface area contributed by atoms with Crippen molar-refractivity contribution < 1.29 is 4.79 Å². The van der Waals surface area contributed by atoms with Gasteiger partial charge in [-0.3, -0.25) is 10.1 Å². The molecule has 3 N–H and O–H groups in total. The molecule has 0 aliphatic rings. The van der Waals surface area contributed by atoms with Crippen LogP contribution < -0.4 is 11.1 Å². The van der Waals surface area contributed by atoms with E-state index in [1.807, 2.05) is 30.3 Å². The normalized spacial score (nSPS) is 13.9. The molecule has 20 heavy (non-hydrogen) atoms. The van der Waals surface area contributed by atoms with Gasteiger partial charge in [0.05, 0.1) is 0 Å². The van der Waals surface area contributed by atoms with Gasteiger partial charge < -0.3 is 5.73 Å². The van der Waals surface area contributed by atoms with E-state index in [9.17, 15) is 4.79 Å². The van der Waals surface area contributed by atoms with E-state index in [-0.39, 0.29) is 5.91 Å². The van der Waals surface area contributed by atoms with Gasteiger partial charge in [-0.2, -0.15) is 11.8 Å². The van der Waals surface area contributed by atoms with Crippen LogP contribution in [0.25, 0.3) is 0 Å². The summed E-state index contributed by atoms with van der Waals surface area (Å²) in [5.74, 6) is 1.46. The second-order valence-corrected chi connectivity index (χ2v) is 6.07. The Balaban J connectivity index is 2.92. The lowest BCUT2D eigenvalue weighted by Gasteiger charge is -2.32. The lowest BCUT2D eigenvalue weighted by molar-refractivity contribution is -0.123. The highest BCUT2D eigenvalue weighted by Gasteiger charge is 2.37. The number of primary amides is 1. The Morgan fingerprint density at radius 2 is 1.95 bits per heavy atom. The Morgan fingerprint density at radius 3 is 2.50 bits per heavy atom. The van der Waals surface area contributed by atoms with Gasteiger partial charge in [0.1, 0.15) is 5.54 Å². The summed E-state index contributed by atoms with van der Waals surface area (Å²) in [6.07, 6.45) is 3.31. The van der Waals surface area contributed by atoms with E-state index in [0.717, 1.165) is 24.3 Å². The van der Waals surface area contributed by atoms with Gasteiger partial charge in [0, 0.05) is 5.75 Å². The molecule has 1 unspecified atom stereocenters. The molecule has 0 radical (unpaired) electrons. The number of benzene rings is 1. The van der Waals surface area contributed by atoms with Crippen molar-refractivity contribution in [2.75, 3.05) is 18.1 Å². The molecule has 1 atom stereocenters. The summed E-state index contributed by atoms with van der Waals surface area (Å²) in [4.78, 5) is 12.1. The zero-order chi connectivity index (χ0) is 14.8. The lowest BCUT2D eigenvalue weighted by Crippen LogP contribution is -2.55. The summed E-state index contributed by atoms with van der Waals surface area (Å²) >= 11 is 1.80. The summed E-state index contributed by atoms with van der Waals surface area (Å²) in [6, 6.07) is 9.83. The number of rotatable bonds is 10. The van der Waals surface area contributed by atoms with Crippen LogP contribution in [-0.4, -0.2) is 24.0 Å². The average molecular weight is 294 g/mol. The fourth-order valence-corrected chi connectivity index (χ4v) is 3.42. The van der Waals surface area contributed by atoms with Crippen molar-refractivity contribution in [1.29, 1.82) is 0 Å². The Morgan fingerprint density at radius 1 is 1.25 bits per heavy atom. The van der Waals surface area contributed by atoms with E-state index in [0.29, 0.717) is 5.75 Å². The van der Waals surface area contributed by atoms with Gasteiger partial charge in [0.15, 0.2) is 0 Å². The Hall–Kier alpha value is -1.00. The zero-order valence-electron chi connectivity index (χ0n) is 12.5. The van der Waals surface area contributed by atoms with Crippen LogP contribution in [0.2, 0.25) is 0 Å². The molecule has 0 saturated carbocycles. The Labute approximate surface area is 126 Å². The number of unbranched alkanes of at least 4 members (excludes halogenated alkanes) is 1. The van der Waals surface area contributed by atoms with Gasteiger partial charge in [-0.15, -0.1) is 0 Å². The third-order valence-corrected chi connectivity index (χ3v) is 4.54. The fraction of sp³-hybridized carbons (Fsp3) is 0.562. The molecule has 0 saturated heterocycles. The van der Waals surface area contributed by atoms with Crippen LogP contribution >= 0.6 is 11.8 Å². The van der Waals surface area contributed by atoms with E-state index in [4.69, 9.17) is 5.73 Å². The standard InChI is InChI=1S/C16H26N2OS/c1-3-5-12-20-13-16(15(17)19,18-11-4-2)14-9-7-6-8-10-14/h6-10,18H,3-5,11-13H2,1-2H3,(H2,17,19). The summed E-state index contributed by atoms with van der Waals surface area (Å²) in [6.45, 7) is 5.05. The van der Waals surface area contributed by atoms with Crippen molar-refractivity contribution in [3.05, 3.63) is 35.9 Å². The molecule has 112 valence electrons. The van der Waals surface area contributed by atoms with Gasteiger partial charge >= 0.3 is 0 Å². The molecule has 1 aromatic rings. The SMILES string of the molecule is CCCCSCC(NCCC)(C(N)=O)c1ccccc1. The number of nitrogens with two attached hydrogens (primary N) is 1. The number of carbonyl (C=O) groups excluding carboxylic acids is 1. The zero-order valence-corrected chi connectivity index (χ0v) is 13.3. The quantitative estimate of drug-likeness (QED) is 0.652. The van der Waals surface area contributed by atoms with Crippen LogP contribution in [0.1, 0.15) is 38.7 Å². The minimum Gasteiger partial charge on any atom is -0.368 e. The second-order valence-electron chi connectivity index (χ2n) is 4.97. The predicted molar refractivity (Wildman–Crippen MR) is 87.8 cm³/mol. The first kappa shape index (κ1) is 17.1. The fourth-order valence-electron chi connectivity index (χ4n) is 2.07. The molecule has 0 aliphatic carbocycles. The summed E-state index contributed by atoms with van der Waals surface area (Å²) in [7, 11) is 0. The van der Waals surface area contributed by atoms with Crippen molar-refractivity contribution in [2.24, 2.45) is 5.73 Å². The summed E-state index contributed by atoms with van der Waals surface area (Å²) in [5.41, 5.74) is 5.95. The van der Waals surface area contributed by atoms with Crippen LogP contribution in [0.3, 0.4) is 0 Å². The maximum absolute atomic E-state index is 12.1. The molecule has 1 amide bonds. The maximum atomic E-state index is 12.1. The molecule has 0 bridgehead atoms. The first-order chi connectivity index (χ1) is 9.67. The number of nitrogens with one attached hydrogen (secondary N) is 1. The predicted octanol–water partition coefficient (Wildman–Crippen LogP) is 2.90. The highest BCUT2D eigenvalue weighted by Crippen LogP contribution is 2.26. The monoisotopic (exact) mass is 294 g/mol. The number of hydrogen-bond donors (Lipinski definition) is 2. The van der Waals surface area contributed by atoms with Crippen LogP contribution in [0.15, 0.2) is 30.3 Å². The third-order valence-electron chi connectivity index (χ3n) is 3.32. The molecule has 0 heterocycles. The molecule has 0 fully saturated rings. The van der Waals surface area contributed by atoms with E-state index in [1.165, 1.54) is 12.8 Å². The molecular weight excluding hydrogens is 268 g/mol. The molecule has 3 nitrogen and oxygen atoms in total. The first-order valence-electron chi connectivity index (χ1n) is 7.35. The van der Waals surface area contributed by atoms with E-state index < -0.39 is 5.54 Å². The molecule has 0 spiro atoms. The smallest absolute Gasteiger partial charge is 0.243 e. The largest absolute Gasteiger partial charge is 0.368 e. The Kier molecular flexibility index (Phi) is 7.70. The van der Waals surface area contributed by atoms with Crippen molar-refractivity contribution >= 4 is 17.7 Å². The molecule has 1 rings (SSSR count). The Bertz CT molecular complexity index is 397.